The van der Waals surface area contributed by atoms with Gasteiger partial charge in [0, 0.05) is 82.6 Å². The van der Waals surface area contributed by atoms with Gasteiger partial charge in [-0.05, 0) is 85.4 Å². The Bertz CT molecular complexity index is 4350. The number of esters is 1. The maximum Gasteiger partial charge on any atom is 0.379 e. The molecule has 24 nitrogen and oxygen atoms in total. The fourth-order valence-electron chi connectivity index (χ4n) is 9.91. The molecule has 0 bridgehead atoms. The van der Waals surface area contributed by atoms with E-state index in [0.717, 1.165) is 104 Å². The second-order valence-electron chi connectivity index (χ2n) is 26.5. The normalized spacial score (nSPS) is 12.0. The fourth-order valence-corrected chi connectivity index (χ4v) is 12.3. The van der Waals surface area contributed by atoms with Gasteiger partial charge in [-0.2, -0.15) is 15.3 Å². The number of hydrogen-bond acceptors (Lipinski definition) is 15. The molecule has 0 radical (unpaired) electrons. The third-order valence-electron chi connectivity index (χ3n) is 17.2. The third-order valence-corrected chi connectivity index (χ3v) is 26.8. The van der Waals surface area contributed by atoms with Gasteiger partial charge in [-0.1, -0.05) is 191 Å². The van der Waals surface area contributed by atoms with Crippen molar-refractivity contribution in [1.29, 1.82) is 0 Å². The SMILES string of the molecule is CC(C)(C)[Si](C)(C)OCCCBr.CC(C)(C)[Si](C)(C)OCCCn1nc(CC(N)=O)c2ccccc21.COC(=O)C(=O)c1ccccc1.N.NC(=O)Cc1[nH]nc2ccccc12.O.O=C(O)Cc1[nH]nc2ccccc12.O=C1NC(=O)C(c2cn(CCCO)c3ccccc23)=C1c1ccccc1. The van der Waals surface area contributed by atoms with Crippen molar-refractivity contribution < 1.29 is 62.8 Å². The number of aromatic amines is 2. The number of aliphatic hydroxyl groups is 1. The number of aliphatic hydroxyl groups excluding tert-OH is 1. The number of Topliss-reactive ketones (excluding diaryl/α,β-unsaturated/α-hetero) is 1. The number of primary amides is 2. The molecule has 0 atom stereocenters. The fraction of sp³-hybridized carbons (Fsp3) is 0.333. The van der Waals surface area contributed by atoms with Crippen LogP contribution in [-0.2, 0) is 74.7 Å². The number of carbonyl (C=O) groups excluding carboxylic acids is 6. The van der Waals surface area contributed by atoms with E-state index in [4.69, 9.17) is 30.5 Å². The average molecular weight is 1500 g/mol. The quantitative estimate of drug-likeness (QED) is 0.00594. The molecule has 1 aliphatic heterocycles. The van der Waals surface area contributed by atoms with Crippen molar-refractivity contribution >= 4 is 129 Å². The van der Waals surface area contributed by atoms with E-state index < -0.39 is 34.4 Å². The van der Waals surface area contributed by atoms with Crippen molar-refractivity contribution in [2.24, 2.45) is 11.5 Å². The number of carbonyl (C=O) groups is 7. The van der Waals surface area contributed by atoms with Crippen molar-refractivity contribution in [2.45, 2.75) is 129 Å². The lowest BCUT2D eigenvalue weighted by Gasteiger charge is -2.36. The smallest absolute Gasteiger partial charge is 0.379 e. The van der Waals surface area contributed by atoms with E-state index in [2.05, 4.69) is 119 Å². The number of H-pyrrole nitrogens is 2. The minimum atomic E-state index is -1.70. The molecule has 0 aliphatic carbocycles. The van der Waals surface area contributed by atoms with E-state index in [0.29, 0.717) is 40.4 Å². The Hall–Kier alpha value is -9.59. The minimum absolute atomic E-state index is 0. The number of amides is 4. The van der Waals surface area contributed by atoms with E-state index in [1.54, 1.807) is 30.3 Å². The highest BCUT2D eigenvalue weighted by atomic mass is 79.9. The molecular weight excluding hydrogens is 1400 g/mol. The van der Waals surface area contributed by atoms with Crippen LogP contribution in [0.25, 0.3) is 54.8 Å². The molecule has 0 unspecified atom stereocenters. The first-order chi connectivity index (χ1) is 47.4. The zero-order valence-electron chi connectivity index (χ0n) is 60.0. The second-order valence-corrected chi connectivity index (χ2v) is 36.9. The van der Waals surface area contributed by atoms with Crippen molar-refractivity contribution in [1.82, 2.24) is 46.2 Å². The number of para-hydroxylation sites is 4. The zero-order valence-corrected chi connectivity index (χ0v) is 63.6. The lowest BCUT2D eigenvalue weighted by Crippen LogP contribution is -2.41. The third kappa shape index (κ3) is 23.8. The number of benzene rings is 6. The lowest BCUT2D eigenvalue weighted by atomic mass is 9.96. The minimum Gasteiger partial charge on any atom is -0.481 e. The van der Waals surface area contributed by atoms with Crippen LogP contribution in [-0.4, -0.2) is 141 Å². The zero-order chi connectivity index (χ0) is 73.4. The first-order valence-electron chi connectivity index (χ1n) is 32.9. The summed E-state index contributed by atoms with van der Waals surface area (Å²) in [6.07, 6.45) is 4.90. The number of aromatic nitrogens is 7. The monoisotopic (exact) mass is 1500 g/mol. The number of hydrogen-bond donors (Lipinski definition) is 8. The number of halogens is 1. The van der Waals surface area contributed by atoms with Crippen LogP contribution in [0.5, 0.6) is 0 Å². The summed E-state index contributed by atoms with van der Waals surface area (Å²) < 4.78 is 20.4. The Labute approximate surface area is 605 Å². The predicted octanol–water partition coefficient (Wildman–Crippen LogP) is 12.0. The summed E-state index contributed by atoms with van der Waals surface area (Å²) >= 11 is 3.40. The highest BCUT2D eigenvalue weighted by Crippen LogP contribution is 2.39. The Kier molecular flexibility index (Phi) is 32.9. The van der Waals surface area contributed by atoms with Gasteiger partial charge in [0.1, 0.15) is 0 Å². The van der Waals surface area contributed by atoms with Gasteiger partial charge in [0.2, 0.25) is 11.8 Å². The summed E-state index contributed by atoms with van der Waals surface area (Å²) in [5, 5.41) is 43.7. The Balaban J connectivity index is 0.000000267. The number of ether oxygens (including phenoxy) is 1. The van der Waals surface area contributed by atoms with Gasteiger partial charge < -0.3 is 51.5 Å². The highest BCUT2D eigenvalue weighted by Gasteiger charge is 2.38. The summed E-state index contributed by atoms with van der Waals surface area (Å²) in [4.78, 5) is 79.3. The van der Waals surface area contributed by atoms with Crippen LogP contribution in [0.4, 0.5) is 0 Å². The number of imide groups is 1. The molecule has 6 aromatic carbocycles. The summed E-state index contributed by atoms with van der Waals surface area (Å²) in [5.41, 5.74) is 18.9. The molecule has 11 rings (SSSR count). The van der Waals surface area contributed by atoms with Crippen LogP contribution < -0.4 is 22.9 Å². The lowest BCUT2D eigenvalue weighted by molar-refractivity contribution is -0.136. The molecule has 0 saturated heterocycles. The van der Waals surface area contributed by atoms with Crippen LogP contribution in [0.1, 0.15) is 99.4 Å². The van der Waals surface area contributed by atoms with Crippen molar-refractivity contribution in [3.63, 3.8) is 0 Å². The number of nitrogens with zero attached hydrogens (tertiary/aromatic N) is 5. The number of aryl methyl sites for hydroxylation is 2. The highest BCUT2D eigenvalue weighted by molar-refractivity contribution is 9.09. The van der Waals surface area contributed by atoms with Crippen LogP contribution in [0.15, 0.2) is 164 Å². The Morgan fingerprint density at radius 3 is 1.54 bits per heavy atom. The first-order valence-corrected chi connectivity index (χ1v) is 39.8. The molecule has 546 valence electrons. The van der Waals surface area contributed by atoms with Crippen molar-refractivity contribution in [2.75, 3.05) is 32.3 Å². The number of aliphatic carboxylic acids is 1. The number of nitrogens with two attached hydrogens (primary N) is 2. The number of ketones is 1. The van der Waals surface area contributed by atoms with E-state index in [-0.39, 0.29) is 66.2 Å². The molecule has 0 fully saturated rings. The Morgan fingerprint density at radius 1 is 0.578 bits per heavy atom. The van der Waals surface area contributed by atoms with Crippen LogP contribution >= 0.6 is 15.9 Å². The first kappa shape index (κ1) is 84.8. The second kappa shape index (κ2) is 39.6. The van der Waals surface area contributed by atoms with Crippen molar-refractivity contribution in [3.8, 4) is 0 Å². The molecule has 10 aromatic rings. The molecular formula is C75H98BrN11O13Si2. The van der Waals surface area contributed by atoms with E-state index in [9.17, 15) is 33.6 Å². The average Bonchev–Trinajstić information content (AvgIpc) is 1.61. The number of fused-ring (bicyclic) bond motifs is 4. The molecule has 4 amide bonds. The molecule has 14 N–H and O–H groups in total. The summed E-state index contributed by atoms with van der Waals surface area (Å²) in [6.45, 7) is 25.8. The van der Waals surface area contributed by atoms with Gasteiger partial charge in [0.15, 0.2) is 16.6 Å². The predicted molar refractivity (Wildman–Crippen MR) is 410 cm³/mol. The number of rotatable bonds is 22. The molecule has 0 saturated carbocycles. The van der Waals surface area contributed by atoms with Gasteiger partial charge in [-0.3, -0.25) is 49.0 Å². The topological polar surface area (TPSA) is 398 Å². The van der Waals surface area contributed by atoms with E-state index in [1.807, 2.05) is 143 Å². The summed E-state index contributed by atoms with van der Waals surface area (Å²) in [5.74, 6) is -3.75. The standard InChI is InChI=1S/C21H18N2O3.C18H29N3O2Si.C9H21BrOSi.C9H9N3O.C9H8N2O2.C9H8O3.H3N.H2O/c24-12-6-11-23-13-16(15-9-4-5-10-17(15)23)19-18(20(25)22-21(19)26)14-7-2-1-3-8-14;1-18(2,3)24(4,5)23-12-8-11-21-16-10-7-6-9-14(16)15(20-21)13-17(19)22;1-9(2,3)12(4,5)11-8-6-7-10;10-9(13)5-8-6-3-1-2-4-7(6)11-12-8;12-9(13)5-8-6-3-1-2-4-7(6)10-11-8;1-12-9(11)8(10)7-5-3-2-4-6-7;;/h1-5,7-10,13,24H,6,11-12H2,(H,22,25,26);6-7,9-10H,8,11-13H2,1-5H3,(H2,19,22);6-8H2,1-5H3;1-4H,5H2,(H2,10,13)(H,11,12);1-4H,5H2,(H,10,11)(H,12,13);2-6H,1H3;1H3;1H2. The van der Waals surface area contributed by atoms with Crippen LogP contribution in [0.2, 0.25) is 36.3 Å². The van der Waals surface area contributed by atoms with Gasteiger partial charge in [-0.15, -0.1) is 0 Å². The number of nitrogens with one attached hydrogen (secondary N) is 3. The van der Waals surface area contributed by atoms with Gasteiger partial charge in [0.05, 0.1) is 71.2 Å². The molecule has 27 heteroatoms. The van der Waals surface area contributed by atoms with Crippen LogP contribution in [0, 0.1) is 0 Å². The van der Waals surface area contributed by atoms with Crippen LogP contribution in [0.3, 0.4) is 0 Å². The van der Waals surface area contributed by atoms with Gasteiger partial charge in [0.25, 0.3) is 17.6 Å². The molecule has 5 heterocycles. The molecule has 1 aliphatic rings. The van der Waals surface area contributed by atoms with Gasteiger partial charge >= 0.3 is 11.9 Å². The van der Waals surface area contributed by atoms with E-state index >= 15 is 0 Å². The number of methoxy groups -OCH3 is 1. The van der Waals surface area contributed by atoms with Crippen molar-refractivity contribution in [3.05, 3.63) is 198 Å². The number of carboxylic acids is 1. The summed E-state index contributed by atoms with van der Waals surface area (Å²) in [7, 11) is -1.98. The number of alkyl halides is 1. The molecule has 0 spiro atoms. The molecule has 4 aromatic heterocycles. The molecule has 102 heavy (non-hydrogen) atoms. The number of carboxylic acid groups (broad SMARTS) is 1. The van der Waals surface area contributed by atoms with Gasteiger partial charge in [-0.25, -0.2) is 4.79 Å². The Morgan fingerprint density at radius 2 is 1.04 bits per heavy atom. The van der Waals surface area contributed by atoms with E-state index in [1.165, 1.54) is 7.11 Å². The largest absolute Gasteiger partial charge is 0.481 e. The maximum absolute atomic E-state index is 12.6. The summed E-state index contributed by atoms with van der Waals surface area (Å²) in [6, 6.07) is 48.3. The maximum atomic E-state index is 12.6.